The van der Waals surface area contributed by atoms with Gasteiger partial charge in [-0.2, -0.15) is 0 Å². The Morgan fingerprint density at radius 2 is 1.71 bits per heavy atom. The summed E-state index contributed by atoms with van der Waals surface area (Å²) >= 11 is 0. The van der Waals surface area contributed by atoms with Crippen LogP contribution in [0.3, 0.4) is 0 Å². The van der Waals surface area contributed by atoms with Gasteiger partial charge in [-0.15, -0.1) is 0 Å². The molecular formula is C13H24O4. The summed E-state index contributed by atoms with van der Waals surface area (Å²) in [4.78, 5) is 11.2. The fraction of sp³-hybridized carbons (Fsp3) is 0.769. The molecule has 4 heteroatoms. The molecule has 0 heterocycles. The maximum absolute atomic E-state index is 11.2. The van der Waals surface area contributed by atoms with E-state index in [9.17, 15) is 4.79 Å². The highest BCUT2D eigenvalue weighted by Gasteiger charge is 2.19. The highest BCUT2D eigenvalue weighted by Crippen LogP contribution is 2.16. The normalized spacial score (nSPS) is 11.3. The van der Waals surface area contributed by atoms with Crippen LogP contribution in [-0.4, -0.2) is 39.0 Å². The van der Waals surface area contributed by atoms with Crippen molar-refractivity contribution >= 4 is 5.97 Å². The van der Waals surface area contributed by atoms with E-state index in [2.05, 4.69) is 20.4 Å². The number of hydrogen-bond acceptors (Lipinski definition) is 4. The summed E-state index contributed by atoms with van der Waals surface area (Å²) in [6.07, 6.45) is 0. The first-order valence-corrected chi connectivity index (χ1v) is 5.93. The van der Waals surface area contributed by atoms with Gasteiger partial charge in [0.2, 0.25) is 0 Å². The molecule has 0 aliphatic carbocycles. The molecule has 100 valence electrons. The van der Waals surface area contributed by atoms with Crippen LogP contribution in [0.1, 0.15) is 27.7 Å². The monoisotopic (exact) mass is 244 g/mol. The van der Waals surface area contributed by atoms with Crippen molar-refractivity contribution in [3.05, 3.63) is 12.2 Å². The fourth-order valence-electron chi connectivity index (χ4n) is 1.16. The lowest BCUT2D eigenvalue weighted by Gasteiger charge is -2.24. The number of hydrogen-bond donors (Lipinski definition) is 0. The summed E-state index contributed by atoms with van der Waals surface area (Å²) in [5.74, 6) is -0.393. The number of carbonyl (C=O) groups is 1. The molecule has 0 amide bonds. The third-order valence-corrected chi connectivity index (χ3v) is 2.03. The van der Waals surface area contributed by atoms with Crippen LogP contribution < -0.4 is 0 Å². The average Bonchev–Trinajstić information content (AvgIpc) is 2.26. The topological polar surface area (TPSA) is 44.8 Å². The van der Waals surface area contributed by atoms with Crippen molar-refractivity contribution in [2.24, 2.45) is 5.41 Å². The number of carbonyl (C=O) groups excluding carboxylic acids is 1. The molecule has 17 heavy (non-hydrogen) atoms. The van der Waals surface area contributed by atoms with E-state index in [0.29, 0.717) is 32.0 Å². The molecule has 0 aromatic carbocycles. The van der Waals surface area contributed by atoms with Gasteiger partial charge in [0.15, 0.2) is 0 Å². The van der Waals surface area contributed by atoms with Crippen molar-refractivity contribution in [2.75, 3.05) is 33.0 Å². The zero-order valence-electron chi connectivity index (χ0n) is 11.4. The summed E-state index contributed by atoms with van der Waals surface area (Å²) in [5, 5.41) is 0. The molecule has 0 spiro atoms. The molecule has 0 aromatic heterocycles. The van der Waals surface area contributed by atoms with Gasteiger partial charge in [0.1, 0.15) is 0 Å². The molecule has 0 fully saturated rings. The van der Waals surface area contributed by atoms with Gasteiger partial charge >= 0.3 is 5.97 Å². The predicted molar refractivity (Wildman–Crippen MR) is 66.9 cm³/mol. The predicted octanol–water partition coefficient (Wildman–Crippen LogP) is 2.18. The highest BCUT2D eigenvalue weighted by molar-refractivity contribution is 5.87. The van der Waals surface area contributed by atoms with Crippen molar-refractivity contribution in [2.45, 2.75) is 27.7 Å². The molecule has 0 N–H and O–H groups in total. The van der Waals surface area contributed by atoms with Gasteiger partial charge < -0.3 is 14.2 Å². The van der Waals surface area contributed by atoms with Crippen LogP contribution in [0.4, 0.5) is 0 Å². The Morgan fingerprint density at radius 3 is 2.24 bits per heavy atom. The van der Waals surface area contributed by atoms with Crippen molar-refractivity contribution in [1.29, 1.82) is 0 Å². The largest absolute Gasteiger partial charge is 0.463 e. The minimum absolute atomic E-state index is 0.0645. The third kappa shape index (κ3) is 7.94. The first-order valence-electron chi connectivity index (χ1n) is 5.93. The van der Waals surface area contributed by atoms with Crippen LogP contribution in [0.15, 0.2) is 12.2 Å². The average molecular weight is 244 g/mol. The van der Waals surface area contributed by atoms with E-state index in [1.807, 2.05) is 6.92 Å². The molecule has 0 aliphatic rings. The van der Waals surface area contributed by atoms with Gasteiger partial charge in [-0.3, -0.25) is 0 Å². The summed E-state index contributed by atoms with van der Waals surface area (Å²) in [7, 11) is 0. The fourth-order valence-corrected chi connectivity index (χ4v) is 1.16. The Bertz CT molecular complexity index is 246. The molecule has 0 atom stereocenters. The first kappa shape index (κ1) is 16.1. The van der Waals surface area contributed by atoms with E-state index < -0.39 is 5.97 Å². The molecule has 4 nitrogen and oxygen atoms in total. The highest BCUT2D eigenvalue weighted by atomic mass is 16.5. The minimum Gasteiger partial charge on any atom is -0.463 e. The molecule has 0 unspecified atom stereocenters. The first-order chi connectivity index (χ1) is 7.93. The van der Waals surface area contributed by atoms with E-state index in [4.69, 9.17) is 14.2 Å². The van der Waals surface area contributed by atoms with Crippen molar-refractivity contribution in [3.8, 4) is 0 Å². The summed E-state index contributed by atoms with van der Waals surface area (Å²) in [6.45, 7) is 13.9. The second kappa shape index (κ2) is 8.25. The molecule has 0 aromatic rings. The summed E-state index contributed by atoms with van der Waals surface area (Å²) < 4.78 is 15.6. The Hall–Kier alpha value is -0.870. The minimum atomic E-state index is -0.393. The van der Waals surface area contributed by atoms with Crippen LogP contribution in [0.2, 0.25) is 0 Å². The molecule has 0 radical (unpaired) electrons. The maximum Gasteiger partial charge on any atom is 0.335 e. The lowest BCUT2D eigenvalue weighted by molar-refractivity contribution is -0.139. The Kier molecular flexibility index (Phi) is 7.83. The van der Waals surface area contributed by atoms with Crippen LogP contribution in [0, 0.1) is 5.41 Å². The Morgan fingerprint density at radius 1 is 1.12 bits per heavy atom. The quantitative estimate of drug-likeness (QED) is 0.460. The van der Waals surface area contributed by atoms with Crippen molar-refractivity contribution in [3.63, 3.8) is 0 Å². The standard InChI is InChI=1S/C13H24O4/c1-6-15-9-13(4,5)10-16-8-11(3)12(14)17-7-2/h3,6-10H2,1-2,4-5H3. The van der Waals surface area contributed by atoms with E-state index in [1.165, 1.54) is 0 Å². The van der Waals surface area contributed by atoms with Crippen molar-refractivity contribution in [1.82, 2.24) is 0 Å². The Labute approximate surface area is 104 Å². The Balaban J connectivity index is 3.82. The van der Waals surface area contributed by atoms with Gasteiger partial charge in [-0.25, -0.2) is 4.79 Å². The second-order valence-electron chi connectivity index (χ2n) is 4.62. The molecule has 0 rings (SSSR count). The van der Waals surface area contributed by atoms with E-state index >= 15 is 0 Å². The van der Waals surface area contributed by atoms with Gasteiger partial charge in [-0.05, 0) is 13.8 Å². The molecule has 0 saturated carbocycles. The zero-order valence-corrected chi connectivity index (χ0v) is 11.4. The van der Waals surface area contributed by atoms with Crippen molar-refractivity contribution < 1.29 is 19.0 Å². The van der Waals surface area contributed by atoms with E-state index in [0.717, 1.165) is 0 Å². The van der Waals surface area contributed by atoms with E-state index in [1.54, 1.807) is 6.92 Å². The van der Waals surface area contributed by atoms with Crippen LogP contribution in [0.5, 0.6) is 0 Å². The number of ether oxygens (including phenoxy) is 3. The smallest absolute Gasteiger partial charge is 0.335 e. The lowest BCUT2D eigenvalue weighted by Crippen LogP contribution is -2.26. The van der Waals surface area contributed by atoms with Gasteiger partial charge in [-0.1, -0.05) is 20.4 Å². The van der Waals surface area contributed by atoms with Crippen LogP contribution >= 0.6 is 0 Å². The SMILES string of the molecule is C=C(COCC(C)(C)COCC)C(=O)OCC. The van der Waals surface area contributed by atoms with Gasteiger partial charge in [0, 0.05) is 12.0 Å². The summed E-state index contributed by atoms with van der Waals surface area (Å²) in [6, 6.07) is 0. The van der Waals surface area contributed by atoms with Crippen LogP contribution in [0.25, 0.3) is 0 Å². The second-order valence-corrected chi connectivity index (χ2v) is 4.62. The molecule has 0 bridgehead atoms. The van der Waals surface area contributed by atoms with Crippen LogP contribution in [-0.2, 0) is 19.0 Å². The molecule has 0 saturated heterocycles. The maximum atomic E-state index is 11.2. The number of esters is 1. The molecular weight excluding hydrogens is 220 g/mol. The molecule has 0 aliphatic heterocycles. The lowest BCUT2D eigenvalue weighted by atomic mass is 9.96. The van der Waals surface area contributed by atoms with E-state index in [-0.39, 0.29) is 12.0 Å². The summed E-state index contributed by atoms with van der Waals surface area (Å²) in [5.41, 5.74) is 0.282. The number of rotatable bonds is 9. The third-order valence-electron chi connectivity index (χ3n) is 2.03. The zero-order chi connectivity index (χ0) is 13.3. The van der Waals surface area contributed by atoms with Gasteiger partial charge in [0.25, 0.3) is 0 Å². The van der Waals surface area contributed by atoms with Gasteiger partial charge in [0.05, 0.1) is 32.0 Å².